The summed E-state index contributed by atoms with van der Waals surface area (Å²) in [4.78, 5) is 0. The van der Waals surface area contributed by atoms with Gasteiger partial charge in [0.25, 0.3) is 0 Å². The Morgan fingerprint density at radius 2 is 2.13 bits per heavy atom. The highest BCUT2D eigenvalue weighted by Crippen LogP contribution is 2.14. The Morgan fingerprint density at radius 3 is 2.73 bits per heavy atom. The molecule has 86 valence electrons. The third-order valence-corrected chi connectivity index (χ3v) is 2.81. The Balaban J connectivity index is 2.49. The van der Waals surface area contributed by atoms with Crippen molar-refractivity contribution in [3.63, 3.8) is 0 Å². The van der Waals surface area contributed by atoms with Gasteiger partial charge in [-0.3, -0.25) is 0 Å². The standard InChI is InChI=1S/C10H18ClN3O/c1-4-7(2)8(3)12-10-14-13-9(15-10)5-6-11/h7-8H,4-6H2,1-3H3,(H,12,14). The van der Waals surface area contributed by atoms with E-state index < -0.39 is 0 Å². The first-order chi connectivity index (χ1) is 7.17. The topological polar surface area (TPSA) is 51.0 Å². The van der Waals surface area contributed by atoms with Crippen molar-refractivity contribution in [3.8, 4) is 0 Å². The number of rotatable bonds is 6. The molecule has 1 N–H and O–H groups in total. The Kier molecular flexibility index (Phi) is 4.88. The minimum absolute atomic E-state index is 0.333. The minimum atomic E-state index is 0.333. The van der Waals surface area contributed by atoms with Crippen LogP contribution in [0.15, 0.2) is 4.42 Å². The highest BCUT2D eigenvalue weighted by molar-refractivity contribution is 6.17. The lowest BCUT2D eigenvalue weighted by Crippen LogP contribution is -2.23. The van der Waals surface area contributed by atoms with Crippen LogP contribution in [0.3, 0.4) is 0 Å². The van der Waals surface area contributed by atoms with Gasteiger partial charge in [0.1, 0.15) is 0 Å². The molecular formula is C10H18ClN3O. The summed E-state index contributed by atoms with van der Waals surface area (Å²) in [5.41, 5.74) is 0. The first kappa shape index (κ1) is 12.3. The third-order valence-electron chi connectivity index (χ3n) is 2.62. The predicted molar refractivity (Wildman–Crippen MR) is 61.3 cm³/mol. The summed E-state index contributed by atoms with van der Waals surface area (Å²) >= 11 is 5.58. The molecule has 1 aromatic heterocycles. The quantitative estimate of drug-likeness (QED) is 0.765. The summed E-state index contributed by atoms with van der Waals surface area (Å²) in [6.07, 6.45) is 1.74. The fourth-order valence-corrected chi connectivity index (χ4v) is 1.35. The molecule has 0 saturated carbocycles. The molecule has 2 unspecified atom stereocenters. The van der Waals surface area contributed by atoms with Crippen LogP contribution in [-0.4, -0.2) is 22.1 Å². The number of alkyl halides is 1. The van der Waals surface area contributed by atoms with E-state index in [-0.39, 0.29) is 0 Å². The van der Waals surface area contributed by atoms with E-state index in [1.165, 1.54) is 0 Å². The van der Waals surface area contributed by atoms with Crippen LogP contribution >= 0.6 is 11.6 Å². The fraction of sp³-hybridized carbons (Fsp3) is 0.800. The van der Waals surface area contributed by atoms with Gasteiger partial charge in [-0.2, -0.15) is 0 Å². The van der Waals surface area contributed by atoms with Gasteiger partial charge in [0.15, 0.2) is 0 Å². The van der Waals surface area contributed by atoms with Crippen LogP contribution < -0.4 is 5.32 Å². The van der Waals surface area contributed by atoms with Gasteiger partial charge in [-0.05, 0) is 12.8 Å². The first-order valence-electron chi connectivity index (χ1n) is 5.32. The number of nitrogens with zero attached hydrogens (tertiary/aromatic N) is 2. The van der Waals surface area contributed by atoms with Crippen molar-refractivity contribution in [2.45, 2.75) is 39.7 Å². The van der Waals surface area contributed by atoms with Crippen LogP contribution in [0.1, 0.15) is 33.1 Å². The van der Waals surface area contributed by atoms with E-state index in [0.717, 1.165) is 6.42 Å². The van der Waals surface area contributed by atoms with E-state index in [1.54, 1.807) is 0 Å². The maximum atomic E-state index is 5.58. The lowest BCUT2D eigenvalue weighted by atomic mass is 10.0. The van der Waals surface area contributed by atoms with Gasteiger partial charge >= 0.3 is 6.01 Å². The van der Waals surface area contributed by atoms with Crippen molar-refractivity contribution in [2.75, 3.05) is 11.2 Å². The van der Waals surface area contributed by atoms with Gasteiger partial charge in [0, 0.05) is 18.3 Å². The number of hydrogen-bond acceptors (Lipinski definition) is 4. The monoisotopic (exact) mass is 231 g/mol. The van der Waals surface area contributed by atoms with Gasteiger partial charge in [-0.25, -0.2) is 0 Å². The Bertz CT molecular complexity index is 290. The zero-order chi connectivity index (χ0) is 11.3. The largest absolute Gasteiger partial charge is 0.408 e. The van der Waals surface area contributed by atoms with Gasteiger partial charge in [0.2, 0.25) is 5.89 Å². The number of aromatic nitrogens is 2. The van der Waals surface area contributed by atoms with E-state index in [0.29, 0.717) is 36.2 Å². The second kappa shape index (κ2) is 5.95. The number of anilines is 1. The van der Waals surface area contributed by atoms with Crippen molar-refractivity contribution in [1.29, 1.82) is 0 Å². The zero-order valence-electron chi connectivity index (χ0n) is 9.46. The second-order valence-corrected chi connectivity index (χ2v) is 4.14. The molecule has 0 radical (unpaired) electrons. The molecule has 0 amide bonds. The van der Waals surface area contributed by atoms with Crippen molar-refractivity contribution < 1.29 is 4.42 Å². The van der Waals surface area contributed by atoms with Crippen LogP contribution in [0.2, 0.25) is 0 Å². The van der Waals surface area contributed by atoms with Gasteiger partial charge < -0.3 is 9.73 Å². The molecule has 15 heavy (non-hydrogen) atoms. The summed E-state index contributed by atoms with van der Waals surface area (Å²) in [5, 5.41) is 11.0. The molecule has 0 aliphatic carbocycles. The molecule has 4 nitrogen and oxygen atoms in total. The molecule has 1 aromatic rings. The molecule has 0 fully saturated rings. The van der Waals surface area contributed by atoms with Crippen molar-refractivity contribution in [2.24, 2.45) is 5.92 Å². The maximum Gasteiger partial charge on any atom is 0.315 e. The molecule has 0 spiro atoms. The molecule has 1 rings (SSSR count). The van der Waals surface area contributed by atoms with Crippen LogP contribution in [0.5, 0.6) is 0 Å². The van der Waals surface area contributed by atoms with E-state index in [1.807, 2.05) is 0 Å². The van der Waals surface area contributed by atoms with Crippen LogP contribution in [0.25, 0.3) is 0 Å². The van der Waals surface area contributed by atoms with Crippen molar-refractivity contribution in [3.05, 3.63) is 5.89 Å². The summed E-state index contributed by atoms with van der Waals surface area (Å²) in [6, 6.07) is 0.821. The van der Waals surface area contributed by atoms with E-state index in [9.17, 15) is 0 Å². The van der Waals surface area contributed by atoms with E-state index in [2.05, 4.69) is 36.3 Å². The van der Waals surface area contributed by atoms with Crippen LogP contribution in [-0.2, 0) is 6.42 Å². The average Bonchev–Trinajstić information content (AvgIpc) is 2.65. The molecule has 5 heteroatoms. The summed E-state index contributed by atoms with van der Waals surface area (Å²) in [6.45, 7) is 6.46. The van der Waals surface area contributed by atoms with Crippen molar-refractivity contribution in [1.82, 2.24) is 10.2 Å². The number of nitrogens with one attached hydrogen (secondary N) is 1. The number of halogens is 1. The second-order valence-electron chi connectivity index (χ2n) is 3.76. The Morgan fingerprint density at radius 1 is 1.40 bits per heavy atom. The molecule has 0 aliphatic rings. The zero-order valence-corrected chi connectivity index (χ0v) is 10.2. The summed E-state index contributed by atoms with van der Waals surface area (Å²) < 4.78 is 5.37. The third kappa shape index (κ3) is 3.70. The fourth-order valence-electron chi connectivity index (χ4n) is 1.18. The Hall–Kier alpha value is -0.770. The normalized spacial score (nSPS) is 14.9. The van der Waals surface area contributed by atoms with Crippen molar-refractivity contribution >= 4 is 17.6 Å². The molecule has 1 heterocycles. The molecule has 0 aromatic carbocycles. The number of aryl methyl sites for hydroxylation is 1. The highest BCUT2D eigenvalue weighted by Gasteiger charge is 2.13. The lowest BCUT2D eigenvalue weighted by Gasteiger charge is -2.17. The van der Waals surface area contributed by atoms with E-state index >= 15 is 0 Å². The molecule has 2 atom stereocenters. The minimum Gasteiger partial charge on any atom is -0.408 e. The first-order valence-corrected chi connectivity index (χ1v) is 5.85. The SMILES string of the molecule is CCC(C)C(C)Nc1nnc(CCCl)o1. The van der Waals surface area contributed by atoms with Gasteiger partial charge in [-0.15, -0.1) is 16.7 Å². The van der Waals surface area contributed by atoms with Gasteiger partial charge in [-0.1, -0.05) is 25.4 Å². The molecule has 0 bridgehead atoms. The highest BCUT2D eigenvalue weighted by atomic mass is 35.5. The van der Waals surface area contributed by atoms with Crippen LogP contribution in [0.4, 0.5) is 6.01 Å². The maximum absolute atomic E-state index is 5.58. The number of hydrogen-bond donors (Lipinski definition) is 1. The molecule has 0 saturated heterocycles. The average molecular weight is 232 g/mol. The summed E-state index contributed by atoms with van der Waals surface area (Å²) in [7, 11) is 0. The molecular weight excluding hydrogens is 214 g/mol. The smallest absolute Gasteiger partial charge is 0.315 e. The summed E-state index contributed by atoms with van der Waals surface area (Å²) in [5.74, 6) is 1.67. The lowest BCUT2D eigenvalue weighted by molar-refractivity contribution is 0.461. The van der Waals surface area contributed by atoms with E-state index in [4.69, 9.17) is 16.0 Å². The molecule has 0 aliphatic heterocycles. The Labute approximate surface area is 95.4 Å². The van der Waals surface area contributed by atoms with Gasteiger partial charge in [0.05, 0.1) is 0 Å². The van der Waals surface area contributed by atoms with Crippen LogP contribution in [0, 0.1) is 5.92 Å². The predicted octanol–water partition coefficient (Wildman–Crippen LogP) is 2.70.